The van der Waals surface area contributed by atoms with E-state index in [2.05, 4.69) is 6.58 Å². The third kappa shape index (κ3) is 2.81. The van der Waals surface area contributed by atoms with E-state index >= 15 is 0 Å². The molecule has 2 rings (SSSR count). The molecule has 0 unspecified atom stereocenters. The molecule has 0 radical (unpaired) electrons. The smallest absolute Gasteiger partial charge is 0.338 e. The molecule has 0 aliphatic heterocycles. The summed E-state index contributed by atoms with van der Waals surface area (Å²) in [4.78, 5) is 35.4. The van der Waals surface area contributed by atoms with Crippen molar-refractivity contribution in [2.24, 2.45) is 0 Å². The summed E-state index contributed by atoms with van der Waals surface area (Å²) < 4.78 is 5.31. The Hall–Kier alpha value is -2.75. The van der Waals surface area contributed by atoms with Crippen molar-refractivity contribution >= 4 is 28.3 Å². The Bertz CT molecular complexity index is 815. The summed E-state index contributed by atoms with van der Waals surface area (Å²) in [6.45, 7) is 7.96. The Morgan fingerprint density at radius 1 is 0.909 bits per heavy atom. The minimum Gasteiger partial charge on any atom is -0.423 e. The van der Waals surface area contributed by atoms with Crippen LogP contribution in [0.3, 0.4) is 0 Å². The maximum atomic E-state index is 11.9. The van der Waals surface area contributed by atoms with Crippen LogP contribution in [-0.4, -0.2) is 17.5 Å². The Morgan fingerprint density at radius 2 is 1.50 bits per heavy atom. The highest BCUT2D eigenvalue weighted by atomic mass is 16.5. The fourth-order valence-corrected chi connectivity index (χ4v) is 2.25. The molecule has 0 fully saturated rings. The molecule has 0 N–H and O–H groups in total. The van der Waals surface area contributed by atoms with Gasteiger partial charge < -0.3 is 4.74 Å². The molecule has 22 heavy (non-hydrogen) atoms. The number of ketones is 2. The number of benzene rings is 2. The number of fused-ring (bicyclic) bond motifs is 1. The minimum atomic E-state index is -0.574. The van der Waals surface area contributed by atoms with Crippen molar-refractivity contribution in [2.75, 3.05) is 0 Å². The van der Waals surface area contributed by atoms with Crippen LogP contribution in [0, 0.1) is 0 Å². The zero-order valence-corrected chi connectivity index (χ0v) is 12.7. The fraction of sp³-hybridized carbons (Fsp3) is 0.167. The molecule has 112 valence electrons. The molecule has 0 aliphatic rings. The highest BCUT2D eigenvalue weighted by molar-refractivity contribution is 6.16. The number of Topliss-reactive ketones (excluding diaryl/α,β-unsaturated/α-hetero) is 2. The summed E-state index contributed by atoms with van der Waals surface area (Å²) in [5.74, 6) is -0.614. The lowest BCUT2D eigenvalue weighted by Crippen LogP contribution is -2.10. The highest BCUT2D eigenvalue weighted by Gasteiger charge is 2.17. The second-order valence-electron chi connectivity index (χ2n) is 5.12. The lowest BCUT2D eigenvalue weighted by atomic mass is 9.95. The molecule has 4 heteroatoms. The van der Waals surface area contributed by atoms with E-state index < -0.39 is 5.97 Å². The molecule has 0 aromatic heterocycles. The molecule has 0 aliphatic carbocycles. The molecular weight excluding hydrogens is 280 g/mol. The number of hydrogen-bond acceptors (Lipinski definition) is 4. The van der Waals surface area contributed by atoms with Crippen molar-refractivity contribution in [3.63, 3.8) is 0 Å². The van der Waals surface area contributed by atoms with Gasteiger partial charge in [-0.25, -0.2) is 4.79 Å². The predicted octanol–water partition coefficient (Wildman–Crippen LogP) is 3.73. The van der Waals surface area contributed by atoms with Gasteiger partial charge >= 0.3 is 5.97 Å². The van der Waals surface area contributed by atoms with Gasteiger partial charge in [0.25, 0.3) is 0 Å². The molecule has 0 heterocycles. The van der Waals surface area contributed by atoms with Crippen LogP contribution < -0.4 is 4.74 Å². The molecule has 0 atom stereocenters. The Morgan fingerprint density at radius 3 is 2.05 bits per heavy atom. The van der Waals surface area contributed by atoms with Crippen LogP contribution in [0.2, 0.25) is 0 Å². The fourth-order valence-electron chi connectivity index (χ4n) is 2.25. The first-order valence-corrected chi connectivity index (χ1v) is 6.78. The minimum absolute atomic E-state index is 0.122. The number of carbonyl (C=O) groups excluding carboxylic acids is 3. The molecule has 4 nitrogen and oxygen atoms in total. The molecule has 0 saturated carbocycles. The summed E-state index contributed by atoms with van der Waals surface area (Å²) >= 11 is 0. The number of carbonyl (C=O) groups is 3. The van der Waals surface area contributed by atoms with Crippen molar-refractivity contribution in [3.8, 4) is 5.75 Å². The van der Waals surface area contributed by atoms with E-state index in [-0.39, 0.29) is 22.9 Å². The molecule has 0 saturated heterocycles. The van der Waals surface area contributed by atoms with Gasteiger partial charge in [-0.2, -0.15) is 0 Å². The lowest BCUT2D eigenvalue weighted by molar-refractivity contribution is -0.129. The molecule has 2 aromatic carbocycles. The maximum Gasteiger partial charge on any atom is 0.338 e. The predicted molar refractivity (Wildman–Crippen MR) is 84.4 cm³/mol. The number of hydrogen-bond donors (Lipinski definition) is 0. The Balaban J connectivity index is 2.79. The Kier molecular flexibility index (Phi) is 4.22. The summed E-state index contributed by atoms with van der Waals surface area (Å²) in [7, 11) is 0. The van der Waals surface area contributed by atoms with Gasteiger partial charge in [0.1, 0.15) is 5.75 Å². The Labute approximate surface area is 128 Å². The largest absolute Gasteiger partial charge is 0.423 e. The molecule has 0 spiro atoms. The second kappa shape index (κ2) is 5.93. The second-order valence-corrected chi connectivity index (χ2v) is 5.12. The van der Waals surface area contributed by atoms with Gasteiger partial charge in [0.05, 0.1) is 0 Å². The van der Waals surface area contributed by atoms with Crippen LogP contribution in [0.15, 0.2) is 42.5 Å². The monoisotopic (exact) mass is 296 g/mol. The summed E-state index contributed by atoms with van der Waals surface area (Å²) in [5, 5.41) is 1.06. The molecule has 0 amide bonds. The first-order chi connectivity index (χ1) is 10.3. The zero-order valence-electron chi connectivity index (χ0n) is 12.7. The van der Waals surface area contributed by atoms with Crippen molar-refractivity contribution in [1.82, 2.24) is 0 Å². The quantitative estimate of drug-likeness (QED) is 0.373. The third-order valence-electron chi connectivity index (χ3n) is 3.31. The van der Waals surface area contributed by atoms with Crippen molar-refractivity contribution in [1.29, 1.82) is 0 Å². The van der Waals surface area contributed by atoms with Gasteiger partial charge in [-0.05, 0) is 38.3 Å². The first-order valence-electron chi connectivity index (χ1n) is 6.78. The normalized spacial score (nSPS) is 10.3. The highest BCUT2D eigenvalue weighted by Crippen LogP contribution is 2.32. The van der Waals surface area contributed by atoms with E-state index in [1.165, 1.54) is 13.8 Å². The van der Waals surface area contributed by atoms with E-state index in [1.807, 2.05) is 0 Å². The van der Waals surface area contributed by atoms with Gasteiger partial charge in [-0.15, -0.1) is 0 Å². The van der Waals surface area contributed by atoms with Gasteiger partial charge in [0, 0.05) is 22.1 Å². The summed E-state index contributed by atoms with van der Waals surface area (Å²) in [6.07, 6.45) is 0. The van der Waals surface area contributed by atoms with E-state index in [4.69, 9.17) is 4.74 Å². The average Bonchev–Trinajstić information content (AvgIpc) is 2.45. The standard InChI is InChI=1S/C18H16O4/c1-10(2)18(21)22-16-7-5-6-15-13(11(3)19)8-9-14(12(4)20)17(15)16/h5-9H,1H2,2-4H3. The topological polar surface area (TPSA) is 60.4 Å². The first kappa shape index (κ1) is 15.6. The van der Waals surface area contributed by atoms with Crippen LogP contribution >= 0.6 is 0 Å². The van der Waals surface area contributed by atoms with Crippen LogP contribution in [0.25, 0.3) is 10.8 Å². The van der Waals surface area contributed by atoms with Crippen molar-refractivity contribution < 1.29 is 19.1 Å². The zero-order chi connectivity index (χ0) is 16.4. The van der Waals surface area contributed by atoms with Crippen LogP contribution in [0.1, 0.15) is 41.5 Å². The summed E-state index contributed by atoms with van der Waals surface area (Å²) in [6, 6.07) is 8.21. The van der Waals surface area contributed by atoms with Gasteiger partial charge in [0.15, 0.2) is 11.6 Å². The summed E-state index contributed by atoms with van der Waals surface area (Å²) in [5.41, 5.74) is 1.14. The average molecular weight is 296 g/mol. The van der Waals surface area contributed by atoms with E-state index in [0.29, 0.717) is 21.9 Å². The number of ether oxygens (including phenoxy) is 1. The molecule has 0 bridgehead atoms. The van der Waals surface area contributed by atoms with Crippen LogP contribution in [0.4, 0.5) is 0 Å². The van der Waals surface area contributed by atoms with E-state index in [0.717, 1.165) is 0 Å². The van der Waals surface area contributed by atoms with E-state index in [1.54, 1.807) is 37.3 Å². The third-order valence-corrected chi connectivity index (χ3v) is 3.31. The number of rotatable bonds is 4. The van der Waals surface area contributed by atoms with E-state index in [9.17, 15) is 14.4 Å². The van der Waals surface area contributed by atoms with Crippen LogP contribution in [0.5, 0.6) is 5.75 Å². The van der Waals surface area contributed by atoms with Crippen LogP contribution in [-0.2, 0) is 4.79 Å². The van der Waals surface area contributed by atoms with Gasteiger partial charge in [-0.1, -0.05) is 24.8 Å². The maximum absolute atomic E-state index is 11.9. The lowest BCUT2D eigenvalue weighted by Gasteiger charge is -2.12. The SMILES string of the molecule is C=C(C)C(=O)Oc1cccc2c(C(C)=O)ccc(C(C)=O)c12. The molecular formula is C18H16O4. The molecule has 2 aromatic rings. The van der Waals surface area contributed by atoms with Crippen molar-refractivity contribution in [3.05, 3.63) is 53.6 Å². The van der Waals surface area contributed by atoms with Gasteiger partial charge in [-0.3, -0.25) is 9.59 Å². The number of esters is 1. The van der Waals surface area contributed by atoms with Gasteiger partial charge in [0.2, 0.25) is 0 Å². The van der Waals surface area contributed by atoms with Crippen molar-refractivity contribution in [2.45, 2.75) is 20.8 Å².